The monoisotopic (exact) mass is 477 g/mol. The molecule has 0 saturated heterocycles. The predicted octanol–water partition coefficient (Wildman–Crippen LogP) is 1.65. The average molecular weight is 477 g/mol. The molecule has 0 aliphatic carbocycles. The van der Waals surface area contributed by atoms with Crippen molar-refractivity contribution in [3.63, 3.8) is 0 Å². The topological polar surface area (TPSA) is 159 Å². The lowest BCUT2D eigenvalue weighted by Gasteiger charge is -2.19. The first-order valence-corrected chi connectivity index (χ1v) is 10.4. The molecule has 2 heterocycles. The molecule has 0 atom stereocenters. The molecule has 35 heavy (non-hydrogen) atoms. The zero-order valence-corrected chi connectivity index (χ0v) is 19.2. The number of ether oxygens (including phenoxy) is 2. The maximum absolute atomic E-state index is 13.0. The number of nitrogen functional groups attached to an aromatic ring is 1. The minimum Gasteiger partial charge on any atom is -0.497 e. The Balaban J connectivity index is 1.60. The van der Waals surface area contributed by atoms with Crippen LogP contribution in [-0.4, -0.2) is 58.7 Å². The standard InChI is InChI=1S/C22H23N9O4/c1-30(15-7-5-4-6-8-15)13-17-19(25-29-31(17)21-20(23)27-35-28-21)22(32)26-24-12-14-9-10-16(33-2)11-18(14)34-3/h4-12H,13H2,1-3H3,(H2,23,27)(H,26,32)/b24-12-. The fraction of sp³-hybridized carbons (Fsp3) is 0.182. The molecule has 13 nitrogen and oxygen atoms in total. The predicted molar refractivity (Wildman–Crippen MR) is 127 cm³/mol. The lowest BCUT2D eigenvalue weighted by Crippen LogP contribution is -2.24. The van der Waals surface area contributed by atoms with Crippen LogP contribution in [-0.2, 0) is 6.54 Å². The van der Waals surface area contributed by atoms with Crippen molar-refractivity contribution in [3.05, 3.63) is 65.5 Å². The van der Waals surface area contributed by atoms with Gasteiger partial charge in [0.2, 0.25) is 11.6 Å². The normalized spacial score (nSPS) is 10.9. The van der Waals surface area contributed by atoms with E-state index in [4.69, 9.17) is 19.8 Å². The highest BCUT2D eigenvalue weighted by molar-refractivity contribution is 5.94. The number of rotatable bonds is 9. The highest BCUT2D eigenvalue weighted by atomic mass is 16.6. The molecule has 0 unspecified atom stereocenters. The Morgan fingerprint density at radius 1 is 1.20 bits per heavy atom. The molecule has 0 radical (unpaired) electrons. The van der Waals surface area contributed by atoms with E-state index in [-0.39, 0.29) is 23.9 Å². The van der Waals surface area contributed by atoms with Gasteiger partial charge >= 0.3 is 0 Å². The van der Waals surface area contributed by atoms with Gasteiger partial charge in [0.25, 0.3) is 5.91 Å². The lowest BCUT2D eigenvalue weighted by molar-refractivity contribution is 0.0949. The third kappa shape index (κ3) is 5.03. The summed E-state index contributed by atoms with van der Waals surface area (Å²) in [5, 5.41) is 19.5. The SMILES string of the molecule is COc1ccc(/C=N\NC(=O)c2nnn(-c3nonc3N)c2CN(C)c2ccccc2)c(OC)c1. The Morgan fingerprint density at radius 3 is 2.69 bits per heavy atom. The number of nitrogens with two attached hydrogens (primary N) is 1. The maximum Gasteiger partial charge on any atom is 0.293 e. The molecule has 2 aromatic carbocycles. The molecule has 4 rings (SSSR count). The van der Waals surface area contributed by atoms with E-state index in [9.17, 15) is 4.79 Å². The third-order valence-electron chi connectivity index (χ3n) is 5.07. The van der Waals surface area contributed by atoms with Crippen LogP contribution in [0.15, 0.2) is 58.3 Å². The largest absolute Gasteiger partial charge is 0.497 e. The molecular weight excluding hydrogens is 454 g/mol. The van der Waals surface area contributed by atoms with Crippen molar-refractivity contribution < 1.29 is 18.9 Å². The van der Waals surface area contributed by atoms with E-state index in [2.05, 4.69) is 31.2 Å². The molecule has 0 saturated carbocycles. The van der Waals surface area contributed by atoms with Gasteiger partial charge in [-0.05, 0) is 34.6 Å². The Morgan fingerprint density at radius 2 is 2.00 bits per heavy atom. The van der Waals surface area contributed by atoms with Crippen LogP contribution in [0.5, 0.6) is 11.5 Å². The van der Waals surface area contributed by atoms with Crippen molar-refractivity contribution in [2.75, 3.05) is 31.9 Å². The van der Waals surface area contributed by atoms with E-state index in [1.165, 1.54) is 18.0 Å². The van der Waals surface area contributed by atoms with Crippen molar-refractivity contribution in [1.29, 1.82) is 0 Å². The third-order valence-corrected chi connectivity index (χ3v) is 5.07. The zero-order chi connectivity index (χ0) is 24.8. The number of hydrazone groups is 1. The average Bonchev–Trinajstić information content (AvgIpc) is 3.50. The first-order valence-electron chi connectivity index (χ1n) is 10.4. The van der Waals surface area contributed by atoms with Gasteiger partial charge in [-0.25, -0.2) is 10.1 Å². The number of hydrogen-bond acceptors (Lipinski definition) is 11. The van der Waals surface area contributed by atoms with E-state index in [0.717, 1.165) is 5.69 Å². The number of benzene rings is 2. The van der Waals surface area contributed by atoms with Crippen LogP contribution in [0.2, 0.25) is 0 Å². The fourth-order valence-corrected chi connectivity index (χ4v) is 3.26. The smallest absolute Gasteiger partial charge is 0.293 e. The Labute approximate surface area is 200 Å². The van der Waals surface area contributed by atoms with Gasteiger partial charge in [-0.3, -0.25) is 4.79 Å². The molecule has 2 aromatic heterocycles. The van der Waals surface area contributed by atoms with Gasteiger partial charge in [0.15, 0.2) is 5.69 Å². The van der Waals surface area contributed by atoms with E-state index >= 15 is 0 Å². The Bertz CT molecular complexity index is 1330. The highest BCUT2D eigenvalue weighted by Gasteiger charge is 2.25. The first kappa shape index (κ1) is 23.2. The van der Waals surface area contributed by atoms with Gasteiger partial charge in [-0.2, -0.15) is 9.78 Å². The fourth-order valence-electron chi connectivity index (χ4n) is 3.26. The second-order valence-corrected chi connectivity index (χ2v) is 7.27. The number of para-hydroxylation sites is 1. The van der Waals surface area contributed by atoms with E-state index in [1.54, 1.807) is 25.3 Å². The van der Waals surface area contributed by atoms with E-state index in [0.29, 0.717) is 22.8 Å². The zero-order valence-electron chi connectivity index (χ0n) is 19.2. The van der Waals surface area contributed by atoms with E-state index in [1.807, 2.05) is 42.3 Å². The van der Waals surface area contributed by atoms with Gasteiger partial charge in [0, 0.05) is 24.4 Å². The molecular formula is C22H23N9O4. The number of amides is 1. The molecule has 0 aliphatic heterocycles. The summed E-state index contributed by atoms with van der Waals surface area (Å²) in [5.41, 5.74) is 10.3. The van der Waals surface area contributed by atoms with Crippen LogP contribution < -0.4 is 25.5 Å². The number of methoxy groups -OCH3 is 2. The Kier molecular flexibility index (Phi) is 6.86. The van der Waals surface area contributed by atoms with Crippen LogP contribution in [0.25, 0.3) is 5.82 Å². The first-order chi connectivity index (χ1) is 17.0. The van der Waals surface area contributed by atoms with Gasteiger partial charge in [0.05, 0.1) is 32.7 Å². The minimum atomic E-state index is -0.577. The van der Waals surface area contributed by atoms with Crippen molar-refractivity contribution in [3.8, 4) is 17.3 Å². The number of carbonyl (C=O) groups is 1. The summed E-state index contributed by atoms with van der Waals surface area (Å²) >= 11 is 0. The summed E-state index contributed by atoms with van der Waals surface area (Å²) in [6, 6.07) is 14.8. The van der Waals surface area contributed by atoms with Crippen molar-refractivity contribution in [1.82, 2.24) is 30.7 Å². The molecule has 1 amide bonds. The second-order valence-electron chi connectivity index (χ2n) is 7.27. The van der Waals surface area contributed by atoms with Crippen LogP contribution in [0.3, 0.4) is 0 Å². The van der Waals surface area contributed by atoms with Crippen LogP contribution in [0.4, 0.5) is 11.5 Å². The van der Waals surface area contributed by atoms with Crippen LogP contribution >= 0.6 is 0 Å². The molecule has 3 N–H and O–H groups in total. The number of nitrogens with zero attached hydrogens (tertiary/aromatic N) is 7. The maximum atomic E-state index is 13.0. The summed E-state index contributed by atoms with van der Waals surface area (Å²) in [7, 11) is 4.96. The molecule has 13 heteroatoms. The number of anilines is 2. The van der Waals surface area contributed by atoms with Crippen LogP contribution in [0.1, 0.15) is 21.7 Å². The molecule has 0 fully saturated rings. The summed E-state index contributed by atoms with van der Waals surface area (Å²) < 4.78 is 16.5. The number of nitrogens with one attached hydrogen (secondary N) is 1. The summed E-state index contributed by atoms with van der Waals surface area (Å²) in [5.74, 6) is 0.724. The summed E-state index contributed by atoms with van der Waals surface area (Å²) in [6.07, 6.45) is 1.45. The molecule has 0 bridgehead atoms. The van der Waals surface area contributed by atoms with E-state index < -0.39 is 5.91 Å². The lowest BCUT2D eigenvalue weighted by atomic mass is 10.2. The minimum absolute atomic E-state index is 0.00935. The van der Waals surface area contributed by atoms with Crippen molar-refractivity contribution in [2.24, 2.45) is 5.10 Å². The summed E-state index contributed by atoms with van der Waals surface area (Å²) in [6.45, 7) is 0.252. The van der Waals surface area contributed by atoms with Gasteiger partial charge in [-0.1, -0.05) is 23.4 Å². The van der Waals surface area contributed by atoms with Gasteiger partial charge in [0.1, 0.15) is 11.5 Å². The molecule has 0 spiro atoms. The molecule has 4 aromatic rings. The quantitative estimate of drug-likeness (QED) is 0.268. The van der Waals surface area contributed by atoms with Crippen molar-refractivity contribution >= 4 is 23.6 Å². The summed E-state index contributed by atoms with van der Waals surface area (Å²) in [4.78, 5) is 14.9. The molecule has 180 valence electrons. The second kappa shape index (κ2) is 10.3. The van der Waals surface area contributed by atoms with Crippen LogP contribution in [0, 0.1) is 0 Å². The number of hydrogen-bond donors (Lipinski definition) is 2. The molecule has 0 aliphatic rings. The van der Waals surface area contributed by atoms with Gasteiger partial charge in [-0.15, -0.1) is 5.10 Å². The van der Waals surface area contributed by atoms with Crippen molar-refractivity contribution in [2.45, 2.75) is 6.54 Å². The van der Waals surface area contributed by atoms with Gasteiger partial charge < -0.3 is 20.1 Å². The number of carbonyl (C=O) groups excluding carboxylic acids is 1. The number of aromatic nitrogens is 5. The Hall–Kier alpha value is -4.94. The highest BCUT2D eigenvalue weighted by Crippen LogP contribution is 2.23.